The van der Waals surface area contributed by atoms with E-state index in [9.17, 15) is 4.79 Å². The van der Waals surface area contributed by atoms with Crippen LogP contribution in [-0.4, -0.2) is 17.4 Å². The molecule has 0 saturated heterocycles. The Balaban J connectivity index is 1.31. The number of hydrogen-bond donors (Lipinski definition) is 1. The minimum absolute atomic E-state index is 0.0119. The molecule has 1 aliphatic carbocycles. The van der Waals surface area contributed by atoms with E-state index in [0.717, 1.165) is 48.6 Å². The Bertz CT molecular complexity index is 757. The van der Waals surface area contributed by atoms with Gasteiger partial charge in [-0.25, -0.2) is 0 Å². The molecule has 4 rings (SSSR count). The maximum atomic E-state index is 12.2. The van der Waals surface area contributed by atoms with Gasteiger partial charge in [0.2, 0.25) is 5.91 Å². The third-order valence-corrected chi connectivity index (χ3v) is 5.54. The third kappa shape index (κ3) is 3.76. The summed E-state index contributed by atoms with van der Waals surface area (Å²) in [6, 6.07) is 15.7. The van der Waals surface area contributed by atoms with Crippen LogP contribution in [0.3, 0.4) is 0 Å². The lowest BCUT2D eigenvalue weighted by atomic mass is 10.2. The average molecular weight is 355 g/mol. The molecule has 1 fully saturated rings. The Kier molecular flexibility index (Phi) is 4.57. The van der Waals surface area contributed by atoms with Crippen LogP contribution in [0, 0.1) is 0 Å². The number of thioether (sulfide) groups is 1. The van der Waals surface area contributed by atoms with Crippen LogP contribution in [-0.2, 0) is 4.79 Å². The van der Waals surface area contributed by atoms with Crippen LogP contribution < -0.4 is 14.8 Å². The van der Waals surface area contributed by atoms with Crippen LogP contribution in [0.4, 0.5) is 5.69 Å². The minimum Gasteiger partial charge on any atom is -0.448 e. The molecule has 25 heavy (non-hydrogen) atoms. The number of nitrogens with one attached hydrogen (secondary N) is 1. The second-order valence-corrected chi connectivity index (χ2v) is 7.61. The number of anilines is 1. The zero-order valence-corrected chi connectivity index (χ0v) is 14.8. The van der Waals surface area contributed by atoms with E-state index in [1.807, 2.05) is 36.4 Å². The van der Waals surface area contributed by atoms with Crippen LogP contribution in [0.5, 0.6) is 11.5 Å². The molecule has 1 spiro atoms. The van der Waals surface area contributed by atoms with Crippen molar-refractivity contribution in [2.75, 3.05) is 11.1 Å². The van der Waals surface area contributed by atoms with E-state index in [-0.39, 0.29) is 5.91 Å². The highest BCUT2D eigenvalue weighted by molar-refractivity contribution is 7.99. The van der Waals surface area contributed by atoms with Crippen LogP contribution in [0.2, 0.25) is 0 Å². The van der Waals surface area contributed by atoms with E-state index in [4.69, 9.17) is 9.47 Å². The van der Waals surface area contributed by atoms with Gasteiger partial charge < -0.3 is 14.8 Å². The predicted molar refractivity (Wildman–Crippen MR) is 99.3 cm³/mol. The zero-order chi connectivity index (χ0) is 17.1. The Morgan fingerprint density at radius 1 is 1.04 bits per heavy atom. The number of amides is 1. The fraction of sp³-hybridized carbons (Fsp3) is 0.350. The molecule has 1 N–H and O–H groups in total. The van der Waals surface area contributed by atoms with Crippen LogP contribution in [0.15, 0.2) is 53.4 Å². The van der Waals surface area contributed by atoms with Crippen LogP contribution in [0.25, 0.3) is 0 Å². The molecule has 0 radical (unpaired) electrons. The molecule has 1 saturated carbocycles. The summed E-state index contributed by atoms with van der Waals surface area (Å²) < 4.78 is 12.0. The topological polar surface area (TPSA) is 47.6 Å². The van der Waals surface area contributed by atoms with E-state index in [2.05, 4.69) is 17.4 Å². The first kappa shape index (κ1) is 16.3. The van der Waals surface area contributed by atoms with Crippen molar-refractivity contribution in [3.05, 3.63) is 48.5 Å². The second-order valence-electron chi connectivity index (χ2n) is 6.44. The van der Waals surface area contributed by atoms with Gasteiger partial charge in [0.1, 0.15) is 0 Å². The average Bonchev–Trinajstić information content (AvgIpc) is 3.21. The van der Waals surface area contributed by atoms with Crippen molar-refractivity contribution in [3.63, 3.8) is 0 Å². The summed E-state index contributed by atoms with van der Waals surface area (Å²) in [7, 11) is 0. The summed E-state index contributed by atoms with van der Waals surface area (Å²) in [6.07, 6.45) is 4.60. The molecule has 2 aromatic carbocycles. The molecule has 1 amide bonds. The highest BCUT2D eigenvalue weighted by Crippen LogP contribution is 2.47. The van der Waals surface area contributed by atoms with Crippen molar-refractivity contribution in [3.8, 4) is 11.5 Å². The minimum atomic E-state index is -0.461. The SMILES string of the molecule is O=C(CCSc1ccccc1)Nc1ccc2c(c1)OC1(CCCC1)O2. The lowest BCUT2D eigenvalue weighted by molar-refractivity contribution is -0.115. The van der Waals surface area contributed by atoms with E-state index >= 15 is 0 Å². The molecule has 2 aromatic rings. The monoisotopic (exact) mass is 355 g/mol. The summed E-state index contributed by atoms with van der Waals surface area (Å²) in [5, 5.41) is 2.95. The summed E-state index contributed by atoms with van der Waals surface area (Å²) in [5.74, 6) is 1.82. The molecular weight excluding hydrogens is 334 g/mol. The largest absolute Gasteiger partial charge is 0.448 e. The molecule has 5 heteroatoms. The standard InChI is InChI=1S/C20H21NO3S/c22-19(10-13-25-16-6-2-1-3-7-16)21-15-8-9-17-18(14-15)24-20(23-17)11-4-5-12-20/h1-3,6-9,14H,4-5,10-13H2,(H,21,22). The molecule has 1 aliphatic heterocycles. The van der Waals surface area contributed by atoms with Gasteiger partial charge in [0.25, 0.3) is 5.79 Å². The molecule has 4 nitrogen and oxygen atoms in total. The number of carbonyl (C=O) groups excluding carboxylic acids is 1. The van der Waals surface area contributed by atoms with Gasteiger partial charge in [-0.05, 0) is 37.1 Å². The van der Waals surface area contributed by atoms with Gasteiger partial charge in [-0.15, -0.1) is 11.8 Å². The second kappa shape index (κ2) is 7.00. The zero-order valence-electron chi connectivity index (χ0n) is 14.0. The normalized spacial score (nSPS) is 17.0. The molecule has 2 aliphatic rings. The Labute approximate surface area is 151 Å². The number of carbonyl (C=O) groups is 1. The van der Waals surface area contributed by atoms with Gasteiger partial charge in [-0.2, -0.15) is 0 Å². The lowest BCUT2D eigenvalue weighted by Gasteiger charge is -2.21. The summed E-state index contributed by atoms with van der Waals surface area (Å²) in [4.78, 5) is 13.3. The first-order valence-electron chi connectivity index (χ1n) is 8.72. The number of ether oxygens (including phenoxy) is 2. The summed E-state index contributed by atoms with van der Waals surface area (Å²) >= 11 is 1.69. The Hall–Kier alpha value is -2.14. The van der Waals surface area contributed by atoms with Crippen molar-refractivity contribution in [2.24, 2.45) is 0 Å². The first-order chi connectivity index (χ1) is 12.2. The van der Waals surface area contributed by atoms with E-state index in [0.29, 0.717) is 6.42 Å². The van der Waals surface area contributed by atoms with Crippen LogP contribution >= 0.6 is 11.8 Å². The van der Waals surface area contributed by atoms with E-state index in [1.54, 1.807) is 11.8 Å². The smallest absolute Gasteiger partial charge is 0.251 e. The van der Waals surface area contributed by atoms with Crippen molar-refractivity contribution >= 4 is 23.4 Å². The fourth-order valence-corrected chi connectivity index (χ4v) is 4.16. The van der Waals surface area contributed by atoms with E-state index < -0.39 is 5.79 Å². The molecule has 130 valence electrons. The first-order valence-corrected chi connectivity index (χ1v) is 9.71. The van der Waals surface area contributed by atoms with Crippen molar-refractivity contribution < 1.29 is 14.3 Å². The summed E-state index contributed by atoms with van der Waals surface area (Å²) in [6.45, 7) is 0. The van der Waals surface area contributed by atoms with Crippen molar-refractivity contribution in [2.45, 2.75) is 42.8 Å². The molecule has 0 atom stereocenters. The number of hydrogen-bond acceptors (Lipinski definition) is 4. The van der Waals surface area contributed by atoms with Crippen LogP contribution in [0.1, 0.15) is 32.1 Å². The number of fused-ring (bicyclic) bond motifs is 1. The molecule has 0 bridgehead atoms. The third-order valence-electron chi connectivity index (χ3n) is 4.53. The van der Waals surface area contributed by atoms with Gasteiger partial charge >= 0.3 is 0 Å². The summed E-state index contributed by atoms with van der Waals surface area (Å²) in [5.41, 5.74) is 0.757. The number of benzene rings is 2. The molecule has 0 aromatic heterocycles. The fourth-order valence-electron chi connectivity index (χ4n) is 3.29. The van der Waals surface area contributed by atoms with Gasteiger partial charge in [-0.3, -0.25) is 4.79 Å². The highest BCUT2D eigenvalue weighted by atomic mass is 32.2. The van der Waals surface area contributed by atoms with Gasteiger partial charge in [0, 0.05) is 41.7 Å². The van der Waals surface area contributed by atoms with E-state index in [1.165, 1.54) is 4.90 Å². The van der Waals surface area contributed by atoms with Gasteiger partial charge in [0.05, 0.1) is 0 Å². The van der Waals surface area contributed by atoms with Crippen molar-refractivity contribution in [1.82, 2.24) is 0 Å². The highest BCUT2D eigenvalue weighted by Gasteiger charge is 2.44. The maximum Gasteiger partial charge on any atom is 0.251 e. The quantitative estimate of drug-likeness (QED) is 0.779. The predicted octanol–water partition coefficient (Wildman–Crippen LogP) is 4.85. The van der Waals surface area contributed by atoms with Gasteiger partial charge in [0.15, 0.2) is 11.5 Å². The van der Waals surface area contributed by atoms with Gasteiger partial charge in [-0.1, -0.05) is 18.2 Å². The maximum absolute atomic E-state index is 12.2. The number of rotatable bonds is 5. The Morgan fingerprint density at radius 2 is 1.80 bits per heavy atom. The molecule has 1 heterocycles. The van der Waals surface area contributed by atoms with Crippen molar-refractivity contribution in [1.29, 1.82) is 0 Å². The molecule has 0 unspecified atom stereocenters. The lowest BCUT2D eigenvalue weighted by Crippen LogP contribution is -2.34. The Morgan fingerprint density at radius 3 is 2.60 bits per heavy atom. The molecular formula is C20H21NO3S.